The van der Waals surface area contributed by atoms with Crippen LogP contribution in [0.15, 0.2) is 48.5 Å². The molecule has 1 atom stereocenters. The van der Waals surface area contributed by atoms with E-state index in [0.717, 1.165) is 11.1 Å². The van der Waals surface area contributed by atoms with Gasteiger partial charge in [0, 0.05) is 5.92 Å². The van der Waals surface area contributed by atoms with Gasteiger partial charge in [0.15, 0.2) is 0 Å². The molecule has 0 aromatic heterocycles. The van der Waals surface area contributed by atoms with E-state index < -0.39 is 12.3 Å². The van der Waals surface area contributed by atoms with Crippen molar-refractivity contribution in [2.75, 3.05) is 6.61 Å². The topological polar surface area (TPSA) is 58.6 Å². The number of nitrogens with one attached hydrogen (secondary N) is 1. The molecule has 1 aliphatic carbocycles. The molecule has 0 heterocycles. The van der Waals surface area contributed by atoms with Crippen LogP contribution in [-0.4, -0.2) is 24.0 Å². The second-order valence-corrected chi connectivity index (χ2v) is 4.99. The normalized spacial score (nSPS) is 14.2. The van der Waals surface area contributed by atoms with E-state index in [-0.39, 0.29) is 12.5 Å². The van der Waals surface area contributed by atoms with E-state index >= 15 is 0 Å². The number of alkyl carbamates (subject to hydrolysis) is 1. The average molecular weight is 282 g/mol. The van der Waals surface area contributed by atoms with Gasteiger partial charge in [-0.3, -0.25) is 5.32 Å². The van der Waals surface area contributed by atoms with E-state index in [2.05, 4.69) is 36.5 Å². The van der Waals surface area contributed by atoms with Crippen LogP contribution >= 0.6 is 0 Å². The van der Waals surface area contributed by atoms with Gasteiger partial charge in [-0.1, -0.05) is 48.5 Å². The van der Waals surface area contributed by atoms with E-state index in [4.69, 9.17) is 9.84 Å². The fourth-order valence-corrected chi connectivity index (χ4v) is 2.78. The van der Waals surface area contributed by atoms with Crippen LogP contribution in [0, 0.1) is 6.92 Å². The molecular weight excluding hydrogens is 266 g/mol. The van der Waals surface area contributed by atoms with Crippen molar-refractivity contribution in [1.29, 1.82) is 0 Å². The highest BCUT2D eigenvalue weighted by molar-refractivity contribution is 5.79. The van der Waals surface area contributed by atoms with Crippen molar-refractivity contribution >= 4 is 6.09 Å². The molecule has 2 aromatic carbocycles. The van der Waals surface area contributed by atoms with E-state index in [1.165, 1.54) is 11.1 Å². The molecule has 0 saturated carbocycles. The third-order valence-electron chi connectivity index (χ3n) is 3.63. The Morgan fingerprint density at radius 2 is 1.67 bits per heavy atom. The summed E-state index contributed by atoms with van der Waals surface area (Å²) >= 11 is 0. The van der Waals surface area contributed by atoms with E-state index in [1.807, 2.05) is 24.3 Å². The lowest BCUT2D eigenvalue weighted by Gasteiger charge is -2.15. The van der Waals surface area contributed by atoms with Crippen molar-refractivity contribution < 1.29 is 14.6 Å². The molecule has 1 unspecified atom stereocenters. The zero-order valence-electron chi connectivity index (χ0n) is 11.5. The lowest BCUT2D eigenvalue weighted by atomic mass is 9.98. The molecule has 0 fully saturated rings. The van der Waals surface area contributed by atoms with Gasteiger partial charge in [-0.25, -0.2) is 4.79 Å². The number of benzene rings is 2. The number of fused-ring (bicyclic) bond motifs is 3. The maximum Gasteiger partial charge on any atom is 0.409 e. The summed E-state index contributed by atoms with van der Waals surface area (Å²) < 4.78 is 5.20. The standard InChI is InChI=1S/C17H16NO3/c1-11(19)18-17(20)21-10-16-14-8-4-2-6-12(14)13-7-3-5-9-15(13)16/h2-9,11,16,19H,1,10H2,(H,18,20). The number of amides is 1. The number of rotatable bonds is 3. The Balaban J connectivity index is 1.84. The summed E-state index contributed by atoms with van der Waals surface area (Å²) in [6.45, 7) is 3.50. The fraction of sp³-hybridized carbons (Fsp3) is 0.176. The van der Waals surface area contributed by atoms with E-state index in [0.29, 0.717) is 0 Å². The predicted molar refractivity (Wildman–Crippen MR) is 79.6 cm³/mol. The monoisotopic (exact) mass is 282 g/mol. The summed E-state index contributed by atoms with van der Waals surface area (Å²) in [6.07, 6.45) is -1.83. The van der Waals surface area contributed by atoms with Gasteiger partial charge in [0.25, 0.3) is 0 Å². The number of carbonyl (C=O) groups is 1. The van der Waals surface area contributed by atoms with Crippen LogP contribution in [0.1, 0.15) is 17.0 Å². The van der Waals surface area contributed by atoms with Crippen molar-refractivity contribution in [3.8, 4) is 11.1 Å². The molecule has 107 valence electrons. The maximum absolute atomic E-state index is 11.5. The summed E-state index contributed by atoms with van der Waals surface area (Å²) in [7, 11) is 0. The molecule has 2 N–H and O–H groups in total. The Bertz CT molecular complexity index is 621. The highest BCUT2D eigenvalue weighted by Gasteiger charge is 2.28. The minimum absolute atomic E-state index is 0.0186. The number of hydrogen-bond acceptors (Lipinski definition) is 3. The van der Waals surface area contributed by atoms with Gasteiger partial charge in [-0.2, -0.15) is 0 Å². The number of ether oxygens (including phenoxy) is 1. The Kier molecular flexibility index (Phi) is 3.62. The van der Waals surface area contributed by atoms with Crippen LogP contribution in [0.2, 0.25) is 0 Å². The molecule has 4 heteroatoms. The largest absolute Gasteiger partial charge is 0.448 e. The van der Waals surface area contributed by atoms with Gasteiger partial charge in [-0.05, 0) is 29.2 Å². The van der Waals surface area contributed by atoms with E-state index in [9.17, 15) is 4.79 Å². The van der Waals surface area contributed by atoms with Gasteiger partial charge in [0.2, 0.25) is 0 Å². The predicted octanol–water partition coefficient (Wildman–Crippen LogP) is 2.68. The first-order valence-corrected chi connectivity index (χ1v) is 6.79. The van der Waals surface area contributed by atoms with Crippen LogP contribution in [0.5, 0.6) is 0 Å². The smallest absolute Gasteiger partial charge is 0.409 e. The van der Waals surface area contributed by atoms with E-state index in [1.54, 1.807) is 0 Å². The quantitative estimate of drug-likeness (QED) is 0.851. The van der Waals surface area contributed by atoms with Crippen molar-refractivity contribution in [3.63, 3.8) is 0 Å². The summed E-state index contributed by atoms with van der Waals surface area (Å²) in [5, 5.41) is 11.2. The van der Waals surface area contributed by atoms with Gasteiger partial charge in [-0.15, -0.1) is 0 Å². The minimum atomic E-state index is -1.17. The lowest BCUT2D eigenvalue weighted by Crippen LogP contribution is -2.33. The third-order valence-corrected chi connectivity index (χ3v) is 3.63. The maximum atomic E-state index is 11.5. The average Bonchev–Trinajstić information content (AvgIpc) is 2.79. The highest BCUT2D eigenvalue weighted by Crippen LogP contribution is 2.44. The first kappa shape index (κ1) is 13.6. The first-order chi connectivity index (χ1) is 10.2. The van der Waals surface area contributed by atoms with Gasteiger partial charge >= 0.3 is 6.09 Å². The van der Waals surface area contributed by atoms with Crippen LogP contribution in [0.3, 0.4) is 0 Å². The molecule has 21 heavy (non-hydrogen) atoms. The molecule has 3 rings (SSSR count). The Morgan fingerprint density at radius 1 is 1.14 bits per heavy atom. The fourth-order valence-electron chi connectivity index (χ4n) is 2.78. The van der Waals surface area contributed by atoms with Gasteiger partial charge < -0.3 is 9.84 Å². The van der Waals surface area contributed by atoms with Crippen molar-refractivity contribution in [3.05, 3.63) is 66.6 Å². The third kappa shape index (κ3) is 2.62. The number of hydrogen-bond donors (Lipinski definition) is 2. The number of carbonyl (C=O) groups excluding carboxylic acids is 1. The summed E-state index contributed by atoms with van der Waals surface area (Å²) in [6, 6.07) is 16.2. The van der Waals surface area contributed by atoms with Crippen molar-refractivity contribution in [1.82, 2.24) is 5.32 Å². The first-order valence-electron chi connectivity index (χ1n) is 6.79. The summed E-state index contributed by atoms with van der Waals surface area (Å²) in [4.78, 5) is 11.5. The molecule has 0 saturated heterocycles. The Labute approximate surface area is 123 Å². The van der Waals surface area contributed by atoms with Crippen LogP contribution in [0.4, 0.5) is 4.79 Å². The summed E-state index contributed by atoms with van der Waals surface area (Å²) in [5.41, 5.74) is 4.67. The van der Waals surface area contributed by atoms with Crippen molar-refractivity contribution in [2.24, 2.45) is 0 Å². The van der Waals surface area contributed by atoms with Crippen molar-refractivity contribution in [2.45, 2.75) is 12.1 Å². The Morgan fingerprint density at radius 3 is 2.19 bits per heavy atom. The van der Waals surface area contributed by atoms with Crippen LogP contribution < -0.4 is 5.32 Å². The van der Waals surface area contributed by atoms with Crippen LogP contribution in [0.25, 0.3) is 11.1 Å². The molecule has 1 radical (unpaired) electrons. The molecule has 0 spiro atoms. The molecule has 2 aromatic rings. The molecule has 4 nitrogen and oxygen atoms in total. The molecule has 0 aliphatic heterocycles. The SMILES string of the molecule is [CH2]C(O)NC(=O)OCC1c2ccccc2-c2ccccc21. The molecule has 1 aliphatic rings. The summed E-state index contributed by atoms with van der Waals surface area (Å²) in [5.74, 6) is 0.0186. The minimum Gasteiger partial charge on any atom is -0.448 e. The molecule has 0 bridgehead atoms. The molecular formula is C17H16NO3. The Hall–Kier alpha value is -2.33. The molecule has 1 amide bonds. The second-order valence-electron chi connectivity index (χ2n) is 4.99. The zero-order valence-corrected chi connectivity index (χ0v) is 11.5. The number of aliphatic hydroxyl groups is 1. The van der Waals surface area contributed by atoms with Crippen LogP contribution in [-0.2, 0) is 4.74 Å². The van der Waals surface area contributed by atoms with Gasteiger partial charge in [0.1, 0.15) is 12.8 Å². The van der Waals surface area contributed by atoms with Gasteiger partial charge in [0.05, 0.1) is 0 Å². The zero-order chi connectivity index (χ0) is 14.8. The lowest BCUT2D eigenvalue weighted by molar-refractivity contribution is 0.114. The number of aliphatic hydroxyl groups excluding tert-OH is 1. The second kappa shape index (κ2) is 5.58. The highest BCUT2D eigenvalue weighted by atomic mass is 16.6.